The van der Waals surface area contributed by atoms with Crippen LogP contribution in [0, 0.1) is 13.8 Å². The Labute approximate surface area is 82.4 Å². The summed E-state index contributed by atoms with van der Waals surface area (Å²) in [6.45, 7) is 6.03. The van der Waals surface area contributed by atoms with Crippen LogP contribution in [0.2, 0.25) is 0 Å². The van der Waals surface area contributed by atoms with E-state index in [1.54, 1.807) is 0 Å². The van der Waals surface area contributed by atoms with Crippen LogP contribution in [0.4, 0.5) is 0 Å². The highest BCUT2D eigenvalue weighted by atomic mass is 16.1. The van der Waals surface area contributed by atoms with Gasteiger partial charge in [-0.15, -0.1) is 0 Å². The average Bonchev–Trinajstić information content (AvgIpc) is 2.48. The SMILES string of the molecule is CCc1c(C)[nH]c(=O)c2cc(C)cn12. The van der Waals surface area contributed by atoms with Crippen LogP contribution < -0.4 is 5.56 Å². The summed E-state index contributed by atoms with van der Waals surface area (Å²) < 4.78 is 1.99. The lowest BCUT2D eigenvalue weighted by molar-refractivity contribution is 0.908. The van der Waals surface area contributed by atoms with Gasteiger partial charge in [-0.2, -0.15) is 0 Å². The number of aromatic nitrogens is 2. The number of H-pyrrole nitrogens is 1. The minimum atomic E-state index is -0.00667. The molecule has 0 aliphatic heterocycles. The van der Waals surface area contributed by atoms with Gasteiger partial charge in [0.25, 0.3) is 5.56 Å². The molecule has 1 N–H and O–H groups in total. The Kier molecular flexibility index (Phi) is 1.95. The highest BCUT2D eigenvalue weighted by molar-refractivity contribution is 5.50. The van der Waals surface area contributed by atoms with Crippen LogP contribution in [0.15, 0.2) is 17.1 Å². The summed E-state index contributed by atoms with van der Waals surface area (Å²) in [5, 5.41) is 0. The minimum Gasteiger partial charge on any atom is -0.323 e. The van der Waals surface area contributed by atoms with Gasteiger partial charge in [-0.05, 0) is 31.9 Å². The Balaban J connectivity index is 2.97. The maximum atomic E-state index is 11.6. The van der Waals surface area contributed by atoms with Crippen molar-refractivity contribution in [3.63, 3.8) is 0 Å². The Morgan fingerprint density at radius 1 is 1.43 bits per heavy atom. The highest BCUT2D eigenvalue weighted by Crippen LogP contribution is 2.11. The smallest absolute Gasteiger partial charge is 0.272 e. The lowest BCUT2D eigenvalue weighted by atomic mass is 10.2. The van der Waals surface area contributed by atoms with Crippen LogP contribution >= 0.6 is 0 Å². The van der Waals surface area contributed by atoms with Crippen LogP contribution in [-0.2, 0) is 6.42 Å². The number of aryl methyl sites for hydroxylation is 3. The highest BCUT2D eigenvalue weighted by Gasteiger charge is 2.07. The number of hydrogen-bond donors (Lipinski definition) is 1. The normalized spacial score (nSPS) is 11.1. The van der Waals surface area contributed by atoms with Gasteiger partial charge in [0.15, 0.2) is 0 Å². The zero-order valence-corrected chi connectivity index (χ0v) is 8.72. The van der Waals surface area contributed by atoms with Crippen molar-refractivity contribution in [1.29, 1.82) is 0 Å². The van der Waals surface area contributed by atoms with Crippen LogP contribution in [0.1, 0.15) is 23.9 Å². The largest absolute Gasteiger partial charge is 0.323 e. The van der Waals surface area contributed by atoms with E-state index in [1.807, 2.05) is 30.5 Å². The quantitative estimate of drug-likeness (QED) is 0.731. The summed E-state index contributed by atoms with van der Waals surface area (Å²) in [5.74, 6) is 0. The number of nitrogens with one attached hydrogen (secondary N) is 1. The molecule has 2 rings (SSSR count). The van der Waals surface area contributed by atoms with Crippen molar-refractivity contribution in [3.8, 4) is 0 Å². The van der Waals surface area contributed by atoms with Crippen molar-refractivity contribution in [1.82, 2.24) is 9.38 Å². The third-order valence-electron chi connectivity index (χ3n) is 2.55. The maximum absolute atomic E-state index is 11.6. The first-order valence-corrected chi connectivity index (χ1v) is 4.84. The van der Waals surface area contributed by atoms with E-state index < -0.39 is 0 Å². The predicted octanol–water partition coefficient (Wildman–Crippen LogP) is 1.81. The zero-order valence-electron chi connectivity index (χ0n) is 8.72. The molecule has 0 aliphatic carbocycles. The molecule has 0 fully saturated rings. The first kappa shape index (κ1) is 9.06. The number of rotatable bonds is 1. The van der Waals surface area contributed by atoms with Crippen molar-refractivity contribution in [2.75, 3.05) is 0 Å². The predicted molar refractivity (Wildman–Crippen MR) is 56.9 cm³/mol. The number of nitrogens with zero attached hydrogens (tertiary/aromatic N) is 1. The minimum absolute atomic E-state index is 0.00667. The Hall–Kier alpha value is -1.51. The molecule has 14 heavy (non-hydrogen) atoms. The Morgan fingerprint density at radius 3 is 2.79 bits per heavy atom. The van der Waals surface area contributed by atoms with Crippen molar-refractivity contribution >= 4 is 5.52 Å². The summed E-state index contributed by atoms with van der Waals surface area (Å²) in [6.07, 6.45) is 2.93. The molecule has 0 saturated carbocycles. The lowest BCUT2D eigenvalue weighted by Gasteiger charge is -2.06. The lowest BCUT2D eigenvalue weighted by Crippen LogP contribution is -2.14. The standard InChI is InChI=1S/C11H14N2O/c1-4-9-8(3)12-11(14)10-5-7(2)6-13(9)10/h5-6H,4H2,1-3H3,(H,12,14). The van der Waals surface area contributed by atoms with E-state index in [-0.39, 0.29) is 5.56 Å². The summed E-state index contributed by atoms with van der Waals surface area (Å²) in [6, 6.07) is 1.91. The molecule has 3 nitrogen and oxygen atoms in total. The van der Waals surface area contributed by atoms with Gasteiger partial charge in [0.05, 0.1) is 0 Å². The molecule has 2 heterocycles. The molecule has 0 amide bonds. The van der Waals surface area contributed by atoms with Gasteiger partial charge in [0.2, 0.25) is 0 Å². The second-order valence-corrected chi connectivity index (χ2v) is 3.65. The fourth-order valence-corrected chi connectivity index (χ4v) is 1.92. The summed E-state index contributed by atoms with van der Waals surface area (Å²) in [7, 11) is 0. The number of aromatic amines is 1. The van der Waals surface area contributed by atoms with E-state index in [0.29, 0.717) is 0 Å². The average molecular weight is 190 g/mol. The van der Waals surface area contributed by atoms with Crippen molar-refractivity contribution in [2.45, 2.75) is 27.2 Å². The van der Waals surface area contributed by atoms with Gasteiger partial charge in [-0.25, -0.2) is 0 Å². The number of fused-ring (bicyclic) bond motifs is 1. The second kappa shape index (κ2) is 3.01. The second-order valence-electron chi connectivity index (χ2n) is 3.65. The first-order chi connectivity index (χ1) is 6.63. The molecule has 0 saturated heterocycles. The molecule has 0 unspecified atom stereocenters. The molecule has 0 radical (unpaired) electrons. The fourth-order valence-electron chi connectivity index (χ4n) is 1.92. The van der Waals surface area contributed by atoms with Gasteiger partial charge in [0, 0.05) is 17.6 Å². The Morgan fingerprint density at radius 2 is 2.14 bits per heavy atom. The molecule has 0 aromatic carbocycles. The van der Waals surface area contributed by atoms with Crippen molar-refractivity contribution < 1.29 is 0 Å². The molecular formula is C11H14N2O. The molecule has 2 aromatic rings. The van der Waals surface area contributed by atoms with E-state index in [0.717, 1.165) is 23.2 Å². The van der Waals surface area contributed by atoms with E-state index >= 15 is 0 Å². The van der Waals surface area contributed by atoms with E-state index in [1.165, 1.54) is 5.69 Å². The monoisotopic (exact) mass is 190 g/mol. The topological polar surface area (TPSA) is 37.3 Å². The zero-order chi connectivity index (χ0) is 10.3. The van der Waals surface area contributed by atoms with E-state index in [9.17, 15) is 4.79 Å². The van der Waals surface area contributed by atoms with Gasteiger partial charge in [-0.1, -0.05) is 6.92 Å². The molecule has 0 atom stereocenters. The van der Waals surface area contributed by atoms with Gasteiger partial charge < -0.3 is 9.38 Å². The van der Waals surface area contributed by atoms with Crippen molar-refractivity contribution in [3.05, 3.63) is 39.6 Å². The van der Waals surface area contributed by atoms with Crippen LogP contribution in [0.25, 0.3) is 5.52 Å². The fraction of sp³-hybridized carbons (Fsp3) is 0.364. The summed E-state index contributed by atoms with van der Waals surface area (Å²) >= 11 is 0. The molecule has 0 spiro atoms. The van der Waals surface area contributed by atoms with Gasteiger partial charge >= 0.3 is 0 Å². The third-order valence-corrected chi connectivity index (χ3v) is 2.55. The summed E-state index contributed by atoms with van der Waals surface area (Å²) in [4.78, 5) is 14.5. The molecule has 0 aliphatic rings. The molecule has 2 aromatic heterocycles. The molecule has 0 bridgehead atoms. The number of hydrogen-bond acceptors (Lipinski definition) is 1. The van der Waals surface area contributed by atoms with E-state index in [4.69, 9.17) is 0 Å². The molecule has 3 heteroatoms. The maximum Gasteiger partial charge on any atom is 0.272 e. The summed E-state index contributed by atoms with van der Waals surface area (Å²) in [5.41, 5.74) is 3.99. The van der Waals surface area contributed by atoms with Crippen LogP contribution in [0.3, 0.4) is 0 Å². The Bertz CT molecular complexity index is 534. The first-order valence-electron chi connectivity index (χ1n) is 4.84. The van der Waals surface area contributed by atoms with E-state index in [2.05, 4.69) is 11.9 Å². The van der Waals surface area contributed by atoms with Crippen LogP contribution in [-0.4, -0.2) is 9.38 Å². The molecule has 74 valence electrons. The van der Waals surface area contributed by atoms with Crippen molar-refractivity contribution in [2.24, 2.45) is 0 Å². The molecular weight excluding hydrogens is 176 g/mol. The third kappa shape index (κ3) is 1.16. The van der Waals surface area contributed by atoms with Gasteiger partial charge in [0.1, 0.15) is 5.52 Å². The van der Waals surface area contributed by atoms with Gasteiger partial charge in [-0.3, -0.25) is 4.79 Å². The van der Waals surface area contributed by atoms with Crippen LogP contribution in [0.5, 0.6) is 0 Å².